The number of nitrogens with one attached hydrogen (secondary N) is 1. The third kappa shape index (κ3) is 5.51. The van der Waals surface area contributed by atoms with Gasteiger partial charge in [-0.15, -0.1) is 0 Å². The topological polar surface area (TPSA) is 121 Å². The van der Waals surface area contributed by atoms with Crippen molar-refractivity contribution in [2.24, 2.45) is 5.41 Å². The van der Waals surface area contributed by atoms with Crippen molar-refractivity contribution in [3.05, 3.63) is 53.1 Å². The summed E-state index contributed by atoms with van der Waals surface area (Å²) in [6.07, 6.45) is 6.29. The zero-order chi connectivity index (χ0) is 35.0. The Balaban J connectivity index is 1.40. The average molecular weight is 690 g/mol. The van der Waals surface area contributed by atoms with Gasteiger partial charge < -0.3 is 19.1 Å². The lowest BCUT2D eigenvalue weighted by atomic mass is 9.81. The smallest absolute Gasteiger partial charge is 0.303 e. The summed E-state index contributed by atoms with van der Waals surface area (Å²) in [7, 11) is 0.414. The predicted octanol–water partition coefficient (Wildman–Crippen LogP) is 4.86. The molecule has 1 saturated heterocycles. The quantitative estimate of drug-likeness (QED) is 0.395. The Labute approximate surface area is 288 Å². The van der Waals surface area contributed by atoms with Crippen LogP contribution in [0.25, 0.3) is 22.2 Å². The summed E-state index contributed by atoms with van der Waals surface area (Å²) in [4.78, 5) is 44.5. The number of fused-ring (bicyclic) bond motifs is 7. The molecule has 2 saturated carbocycles. The largest absolute Gasteiger partial charge is 0.497 e. The third-order valence-corrected chi connectivity index (χ3v) is 12.9. The Hall–Kier alpha value is -3.90. The normalized spacial score (nSPS) is 25.3. The van der Waals surface area contributed by atoms with Crippen molar-refractivity contribution in [1.29, 1.82) is 0 Å². The minimum Gasteiger partial charge on any atom is -0.497 e. The lowest BCUT2D eigenvalue weighted by Crippen LogP contribution is -2.60. The van der Waals surface area contributed by atoms with Crippen LogP contribution in [-0.2, 0) is 26.3 Å². The molecule has 3 fully saturated rings. The summed E-state index contributed by atoms with van der Waals surface area (Å²) in [6, 6.07) is 11.5. The number of benzene rings is 2. The first kappa shape index (κ1) is 33.6. The van der Waals surface area contributed by atoms with E-state index in [0.29, 0.717) is 32.0 Å². The summed E-state index contributed by atoms with van der Waals surface area (Å²) >= 11 is 0. The maximum atomic E-state index is 14.9. The molecule has 2 unspecified atom stereocenters. The zero-order valence-corrected chi connectivity index (χ0v) is 30.1. The highest BCUT2D eigenvalue weighted by Crippen LogP contribution is 2.66. The van der Waals surface area contributed by atoms with Crippen molar-refractivity contribution >= 4 is 38.8 Å². The van der Waals surface area contributed by atoms with Crippen LogP contribution in [0.3, 0.4) is 0 Å². The summed E-state index contributed by atoms with van der Waals surface area (Å²) in [5.41, 5.74) is 4.87. The van der Waals surface area contributed by atoms with E-state index in [1.165, 1.54) is 26.1 Å². The van der Waals surface area contributed by atoms with Gasteiger partial charge in [0.1, 0.15) is 5.75 Å². The highest BCUT2D eigenvalue weighted by molar-refractivity contribution is 7.87. The van der Waals surface area contributed by atoms with Crippen molar-refractivity contribution in [3.63, 3.8) is 0 Å². The fraction of sp³-hybridized carbons (Fsp3) is 0.541. The number of methoxy groups -OCH3 is 1. The van der Waals surface area contributed by atoms with Crippen molar-refractivity contribution < 1.29 is 27.5 Å². The Morgan fingerprint density at radius 3 is 2.31 bits per heavy atom. The van der Waals surface area contributed by atoms with Crippen LogP contribution in [0, 0.1) is 5.41 Å². The average Bonchev–Trinajstić information content (AvgIpc) is 3.73. The molecular formula is C37H47N5O6S. The van der Waals surface area contributed by atoms with Crippen LogP contribution in [0.15, 0.2) is 36.4 Å². The Bertz CT molecular complexity index is 1950. The van der Waals surface area contributed by atoms with E-state index in [2.05, 4.69) is 21.4 Å². The van der Waals surface area contributed by atoms with Gasteiger partial charge in [-0.25, -0.2) is 4.72 Å². The van der Waals surface area contributed by atoms with E-state index >= 15 is 0 Å². The van der Waals surface area contributed by atoms with E-state index in [0.717, 1.165) is 63.5 Å². The summed E-state index contributed by atoms with van der Waals surface area (Å²) in [6.45, 7) is 6.97. The summed E-state index contributed by atoms with van der Waals surface area (Å²) in [5, 5.41) is 1.04. The molecule has 262 valence electrons. The van der Waals surface area contributed by atoms with Gasteiger partial charge in [0.25, 0.3) is 5.91 Å². The van der Waals surface area contributed by atoms with Crippen LogP contribution in [0.5, 0.6) is 5.75 Å². The molecule has 3 heterocycles. The van der Waals surface area contributed by atoms with Gasteiger partial charge in [0.05, 0.1) is 18.2 Å². The molecule has 2 aliphatic heterocycles. The fourth-order valence-electron chi connectivity index (χ4n) is 9.11. The highest BCUT2D eigenvalue weighted by atomic mass is 32.2. The zero-order valence-electron chi connectivity index (χ0n) is 29.3. The van der Waals surface area contributed by atoms with Gasteiger partial charge in [0.2, 0.25) is 11.8 Å². The number of rotatable bonds is 6. The van der Waals surface area contributed by atoms with E-state index in [9.17, 15) is 22.8 Å². The molecule has 2 aromatic carbocycles. The number of hydrogen-bond donors (Lipinski definition) is 1. The number of hydrogen-bond acceptors (Lipinski definition) is 6. The van der Waals surface area contributed by atoms with E-state index in [1.54, 1.807) is 26.2 Å². The first-order chi connectivity index (χ1) is 23.3. The van der Waals surface area contributed by atoms with Crippen molar-refractivity contribution in [3.8, 4) is 17.0 Å². The van der Waals surface area contributed by atoms with Crippen LogP contribution >= 0.6 is 0 Å². The monoisotopic (exact) mass is 689 g/mol. The lowest BCUT2D eigenvalue weighted by molar-refractivity contribution is -0.148. The number of carbonyl (C=O) groups excluding carboxylic acids is 3. The molecule has 0 bridgehead atoms. The molecule has 12 heteroatoms. The predicted molar refractivity (Wildman–Crippen MR) is 188 cm³/mol. The molecule has 3 aromatic rings. The van der Waals surface area contributed by atoms with E-state index in [1.807, 2.05) is 35.8 Å². The number of carbonyl (C=O) groups is 3. The van der Waals surface area contributed by atoms with Crippen LogP contribution in [0.4, 0.5) is 0 Å². The number of ether oxygens (including phenoxy) is 1. The molecule has 0 spiro atoms. The van der Waals surface area contributed by atoms with Crippen LogP contribution in [-0.4, -0.2) is 91.2 Å². The molecule has 11 nitrogen and oxygen atoms in total. The van der Waals surface area contributed by atoms with Gasteiger partial charge in [-0.2, -0.15) is 12.7 Å². The maximum Gasteiger partial charge on any atom is 0.303 e. The minimum absolute atomic E-state index is 0.0157. The third-order valence-electron chi connectivity index (χ3n) is 11.5. The molecule has 3 amide bonds. The minimum atomic E-state index is -3.99. The lowest BCUT2D eigenvalue weighted by Gasteiger charge is -2.45. The molecule has 49 heavy (non-hydrogen) atoms. The van der Waals surface area contributed by atoms with Crippen molar-refractivity contribution in [1.82, 2.24) is 23.4 Å². The maximum absolute atomic E-state index is 14.9. The molecule has 2 aliphatic carbocycles. The second kappa shape index (κ2) is 12.2. The van der Waals surface area contributed by atoms with Gasteiger partial charge in [0, 0.05) is 80.7 Å². The number of nitrogens with zero attached hydrogens (tertiary/aromatic N) is 4. The molecule has 0 radical (unpaired) electrons. The van der Waals surface area contributed by atoms with Gasteiger partial charge >= 0.3 is 10.2 Å². The molecule has 7 rings (SSSR count). The molecule has 4 aliphatic rings. The summed E-state index contributed by atoms with van der Waals surface area (Å²) in [5.74, 6) is 0.445. The second-order valence-electron chi connectivity index (χ2n) is 14.8. The van der Waals surface area contributed by atoms with Gasteiger partial charge in [-0.05, 0) is 80.5 Å². The molecule has 4 atom stereocenters. The Kier molecular flexibility index (Phi) is 8.33. The molecule has 1 N–H and O–H groups in total. The van der Waals surface area contributed by atoms with Gasteiger partial charge in [0.15, 0.2) is 0 Å². The fourth-order valence-corrected chi connectivity index (χ4v) is 9.65. The van der Waals surface area contributed by atoms with Gasteiger partial charge in [-0.3, -0.25) is 14.4 Å². The number of amides is 3. The van der Waals surface area contributed by atoms with Crippen LogP contribution in [0.2, 0.25) is 0 Å². The van der Waals surface area contributed by atoms with E-state index in [4.69, 9.17) is 4.74 Å². The molecular weight excluding hydrogens is 643 g/mol. The van der Waals surface area contributed by atoms with Crippen LogP contribution < -0.4 is 9.46 Å². The highest BCUT2D eigenvalue weighted by Gasteiger charge is 2.64. The van der Waals surface area contributed by atoms with E-state index in [-0.39, 0.29) is 35.4 Å². The Morgan fingerprint density at radius 2 is 1.67 bits per heavy atom. The number of piperazine rings is 1. The molecule has 1 aromatic heterocycles. The van der Waals surface area contributed by atoms with E-state index < -0.39 is 21.5 Å². The van der Waals surface area contributed by atoms with Crippen molar-refractivity contribution in [2.75, 3.05) is 34.3 Å². The number of aromatic nitrogens is 1. The SMILES string of the molecule is COc1ccc2c(c1)C1CC1(C(=O)N1C[C@@H](C)N(C(C)=O)[C@@H](C)C1)Cn1c-2c(C2CCCCC2)c2ccc(C(=O)NS(=O)(=O)N(C)C)cc21. The van der Waals surface area contributed by atoms with Crippen LogP contribution in [0.1, 0.15) is 92.6 Å². The Morgan fingerprint density at radius 1 is 0.980 bits per heavy atom. The van der Waals surface area contributed by atoms with Gasteiger partial charge in [-0.1, -0.05) is 25.3 Å². The standard InChI is InChI=1S/C37H47N5O6S/c1-22-19-40(20-23(2)42(22)24(3)43)36(45)37-18-31(37)30-17-27(48-6)13-15-28(30)34-33(25-10-8-7-9-11-25)29-14-12-26(16-32(29)41(34)21-37)35(44)38-49(46,47)39(4)5/h12-17,22-23,25,31H,7-11,18-21H2,1-6H3,(H,38,44)/t22-,23+,31?,37?. The van der Waals surface area contributed by atoms with Crippen molar-refractivity contribution in [2.45, 2.75) is 89.8 Å². The first-order valence-electron chi connectivity index (χ1n) is 17.4. The first-order valence-corrected chi connectivity index (χ1v) is 18.9. The second-order valence-corrected chi connectivity index (χ2v) is 16.7. The summed E-state index contributed by atoms with van der Waals surface area (Å²) < 4.78 is 36.3.